The van der Waals surface area contributed by atoms with Crippen LogP contribution in [-0.4, -0.2) is 57.6 Å². The average molecular weight is 589 g/mol. The lowest BCUT2D eigenvalue weighted by Crippen LogP contribution is -2.52. The Labute approximate surface area is 254 Å². The van der Waals surface area contributed by atoms with Crippen LogP contribution in [0.15, 0.2) is 72.9 Å². The van der Waals surface area contributed by atoms with Gasteiger partial charge in [0.05, 0.1) is 5.69 Å². The van der Waals surface area contributed by atoms with Crippen LogP contribution < -0.4 is 15.5 Å². The van der Waals surface area contributed by atoms with Crippen LogP contribution in [0.3, 0.4) is 0 Å². The van der Waals surface area contributed by atoms with E-state index in [4.69, 9.17) is 4.98 Å². The molecule has 3 aromatic carbocycles. The maximum absolute atomic E-state index is 13.0. The van der Waals surface area contributed by atoms with E-state index in [0.29, 0.717) is 30.0 Å². The summed E-state index contributed by atoms with van der Waals surface area (Å²) in [7, 11) is 0. The molecule has 0 radical (unpaired) electrons. The third-order valence-electron chi connectivity index (χ3n) is 8.89. The van der Waals surface area contributed by atoms with Crippen molar-refractivity contribution in [1.29, 1.82) is 0 Å². The van der Waals surface area contributed by atoms with Crippen molar-refractivity contribution in [3.05, 3.63) is 84.1 Å². The second-order valence-electron chi connectivity index (χ2n) is 11.7. The van der Waals surface area contributed by atoms with Crippen molar-refractivity contribution in [3.63, 3.8) is 0 Å². The number of nitrogens with one attached hydrogen (secondary N) is 2. The molecule has 10 heteroatoms. The Balaban J connectivity index is 0.946. The number of piperidine rings is 2. The summed E-state index contributed by atoms with van der Waals surface area (Å²) in [6, 6.07) is 21.0. The van der Waals surface area contributed by atoms with E-state index in [0.717, 1.165) is 48.1 Å². The molecule has 1 unspecified atom stereocenters. The molecule has 222 valence electrons. The average Bonchev–Trinajstić information content (AvgIpc) is 3.36. The zero-order chi connectivity index (χ0) is 30.2. The molecular weight excluding hydrogens is 556 g/mol. The Morgan fingerprint density at radius 2 is 1.75 bits per heavy atom. The standard InChI is InChI=1S/C34H32N6O4/c41-30-11-10-29(32(43)38-30)40-20-23-19-24(8-9-26(23)33(40)44)36-31(42)18-21-13-16-39(17-14-21)34-35-15-12-28(37-34)27-7-3-5-22-4-1-2-6-25(22)27/h1-9,12,15,19,21,29H,10-11,13-14,16-18,20H2,(H,36,42)(H,38,41,43). The van der Waals surface area contributed by atoms with E-state index in [1.54, 1.807) is 18.2 Å². The lowest BCUT2D eigenvalue weighted by atomic mass is 9.93. The Bertz CT molecular complexity index is 1790. The van der Waals surface area contributed by atoms with Crippen molar-refractivity contribution in [2.75, 3.05) is 23.3 Å². The number of anilines is 2. The number of fused-ring (bicyclic) bond motifs is 2. The van der Waals surface area contributed by atoms with E-state index in [-0.39, 0.29) is 36.6 Å². The van der Waals surface area contributed by atoms with Crippen LogP contribution in [-0.2, 0) is 20.9 Å². The van der Waals surface area contributed by atoms with Gasteiger partial charge in [0.2, 0.25) is 23.7 Å². The van der Waals surface area contributed by atoms with Crippen LogP contribution in [0.4, 0.5) is 11.6 Å². The van der Waals surface area contributed by atoms with Crippen LogP contribution in [0.2, 0.25) is 0 Å². The minimum absolute atomic E-state index is 0.0658. The zero-order valence-corrected chi connectivity index (χ0v) is 24.2. The molecule has 3 aliphatic rings. The number of rotatable bonds is 6. The number of hydrogen-bond donors (Lipinski definition) is 2. The normalized spacial score (nSPS) is 18.8. The summed E-state index contributed by atoms with van der Waals surface area (Å²) in [6.45, 7) is 1.81. The second kappa shape index (κ2) is 11.5. The molecular formula is C34H32N6O4. The van der Waals surface area contributed by atoms with E-state index >= 15 is 0 Å². The summed E-state index contributed by atoms with van der Waals surface area (Å²) in [6.07, 6.45) is 4.45. The molecule has 2 fully saturated rings. The van der Waals surface area contributed by atoms with Gasteiger partial charge in [-0.15, -0.1) is 0 Å². The van der Waals surface area contributed by atoms with Gasteiger partial charge in [0, 0.05) is 55.5 Å². The van der Waals surface area contributed by atoms with Crippen LogP contribution in [0.5, 0.6) is 0 Å². The van der Waals surface area contributed by atoms with E-state index in [9.17, 15) is 19.2 Å². The van der Waals surface area contributed by atoms with Gasteiger partial charge in [-0.1, -0.05) is 42.5 Å². The van der Waals surface area contributed by atoms with E-state index in [2.05, 4.69) is 50.8 Å². The number of benzene rings is 3. The fourth-order valence-electron chi connectivity index (χ4n) is 6.56. The molecule has 44 heavy (non-hydrogen) atoms. The van der Waals surface area contributed by atoms with Crippen molar-refractivity contribution in [2.24, 2.45) is 5.92 Å². The molecule has 3 aliphatic heterocycles. The fraction of sp³-hybridized carbons (Fsp3) is 0.294. The van der Waals surface area contributed by atoms with Gasteiger partial charge < -0.3 is 15.1 Å². The molecule has 4 amide bonds. The number of carbonyl (C=O) groups excluding carboxylic acids is 4. The lowest BCUT2D eigenvalue weighted by molar-refractivity contribution is -0.137. The van der Waals surface area contributed by atoms with E-state index in [1.165, 1.54) is 10.3 Å². The van der Waals surface area contributed by atoms with Gasteiger partial charge in [-0.25, -0.2) is 9.97 Å². The fourth-order valence-corrected chi connectivity index (χ4v) is 6.56. The quantitative estimate of drug-likeness (QED) is 0.322. The first-order valence-corrected chi connectivity index (χ1v) is 15.1. The SMILES string of the molecule is O=C1CCC(N2Cc3cc(NC(=O)CC4CCN(c5nccc(-c6cccc7ccccc67)n5)CC4)ccc3C2=O)C(=O)N1. The minimum Gasteiger partial charge on any atom is -0.341 e. The van der Waals surface area contributed by atoms with Gasteiger partial charge in [0.15, 0.2) is 0 Å². The largest absolute Gasteiger partial charge is 0.341 e. The number of aromatic nitrogens is 2. The number of amides is 4. The molecule has 0 saturated carbocycles. The summed E-state index contributed by atoms with van der Waals surface area (Å²) >= 11 is 0. The van der Waals surface area contributed by atoms with Crippen molar-refractivity contribution >= 4 is 46.0 Å². The van der Waals surface area contributed by atoms with Crippen molar-refractivity contribution in [1.82, 2.24) is 20.2 Å². The Kier molecular flexibility index (Phi) is 7.25. The van der Waals surface area contributed by atoms with Crippen LogP contribution in [0.25, 0.3) is 22.0 Å². The summed E-state index contributed by atoms with van der Waals surface area (Å²) in [4.78, 5) is 62.9. The second-order valence-corrected chi connectivity index (χ2v) is 11.7. The number of carbonyl (C=O) groups is 4. The maximum Gasteiger partial charge on any atom is 0.255 e. The topological polar surface area (TPSA) is 125 Å². The molecule has 7 rings (SSSR count). The van der Waals surface area contributed by atoms with E-state index in [1.807, 2.05) is 24.4 Å². The molecule has 2 saturated heterocycles. The summed E-state index contributed by atoms with van der Waals surface area (Å²) in [5, 5.41) is 7.64. The summed E-state index contributed by atoms with van der Waals surface area (Å²) < 4.78 is 0. The Hall–Kier alpha value is -5.12. The highest BCUT2D eigenvalue weighted by Crippen LogP contribution is 2.31. The third kappa shape index (κ3) is 5.39. The highest BCUT2D eigenvalue weighted by molar-refractivity contribution is 6.05. The minimum atomic E-state index is -0.664. The number of imide groups is 1. The first kappa shape index (κ1) is 27.7. The van der Waals surface area contributed by atoms with Gasteiger partial charge in [0.1, 0.15) is 6.04 Å². The highest BCUT2D eigenvalue weighted by atomic mass is 16.2. The number of hydrogen-bond acceptors (Lipinski definition) is 7. The molecule has 1 aromatic heterocycles. The van der Waals surface area contributed by atoms with Crippen molar-refractivity contribution in [3.8, 4) is 11.3 Å². The van der Waals surface area contributed by atoms with Crippen LogP contribution in [0, 0.1) is 5.92 Å². The van der Waals surface area contributed by atoms with Gasteiger partial charge in [0.25, 0.3) is 5.91 Å². The van der Waals surface area contributed by atoms with Gasteiger partial charge >= 0.3 is 0 Å². The molecule has 4 heterocycles. The highest BCUT2D eigenvalue weighted by Gasteiger charge is 2.39. The third-order valence-corrected chi connectivity index (χ3v) is 8.89. The Morgan fingerprint density at radius 1 is 0.932 bits per heavy atom. The van der Waals surface area contributed by atoms with Gasteiger partial charge in [-0.3, -0.25) is 24.5 Å². The van der Waals surface area contributed by atoms with Gasteiger partial charge in [-0.2, -0.15) is 0 Å². The van der Waals surface area contributed by atoms with Crippen molar-refractivity contribution in [2.45, 2.75) is 44.7 Å². The van der Waals surface area contributed by atoms with Gasteiger partial charge in [-0.05, 0) is 65.8 Å². The number of nitrogens with zero attached hydrogens (tertiary/aromatic N) is 4. The molecule has 0 spiro atoms. The zero-order valence-electron chi connectivity index (χ0n) is 24.2. The predicted octanol–water partition coefficient (Wildman–Crippen LogP) is 4.30. The molecule has 0 aliphatic carbocycles. The van der Waals surface area contributed by atoms with Crippen molar-refractivity contribution < 1.29 is 19.2 Å². The molecule has 10 nitrogen and oxygen atoms in total. The first-order valence-electron chi connectivity index (χ1n) is 15.1. The first-order chi connectivity index (χ1) is 21.4. The smallest absolute Gasteiger partial charge is 0.255 e. The lowest BCUT2D eigenvalue weighted by Gasteiger charge is -2.31. The van der Waals surface area contributed by atoms with Crippen LogP contribution in [0.1, 0.15) is 48.0 Å². The predicted molar refractivity (Wildman–Crippen MR) is 166 cm³/mol. The van der Waals surface area contributed by atoms with E-state index < -0.39 is 11.9 Å². The molecule has 2 N–H and O–H groups in total. The molecule has 4 aromatic rings. The maximum atomic E-state index is 13.0. The monoisotopic (exact) mass is 588 g/mol. The van der Waals surface area contributed by atoms with Crippen LogP contribution >= 0.6 is 0 Å². The Morgan fingerprint density at radius 3 is 2.59 bits per heavy atom. The molecule has 1 atom stereocenters. The summed E-state index contributed by atoms with van der Waals surface area (Å²) in [5.74, 6) is -0.102. The molecule has 0 bridgehead atoms. The summed E-state index contributed by atoms with van der Waals surface area (Å²) in [5.41, 5.74) is 3.88.